The van der Waals surface area contributed by atoms with E-state index in [1.165, 1.54) is 0 Å². The Morgan fingerprint density at radius 3 is 2.81 bits per heavy atom. The molecule has 1 amide bonds. The van der Waals surface area contributed by atoms with E-state index in [0.29, 0.717) is 23.7 Å². The van der Waals surface area contributed by atoms with Crippen molar-refractivity contribution in [2.75, 3.05) is 24.8 Å². The number of nitrogens with one attached hydrogen (secondary N) is 1. The fourth-order valence-electron chi connectivity index (χ4n) is 2.09. The molecule has 0 saturated carbocycles. The van der Waals surface area contributed by atoms with Crippen LogP contribution in [0.5, 0.6) is 0 Å². The molecule has 2 rings (SSSR count). The van der Waals surface area contributed by atoms with Crippen LogP contribution in [0, 0.1) is 6.92 Å². The molecule has 110 valence electrons. The van der Waals surface area contributed by atoms with Crippen LogP contribution in [-0.2, 0) is 11.2 Å². The maximum absolute atomic E-state index is 12.3. The summed E-state index contributed by atoms with van der Waals surface area (Å²) in [6.07, 6.45) is 0.741. The average Bonchev–Trinajstić information content (AvgIpc) is 2.45. The molecular weight excluding hydrogens is 266 g/mol. The molecule has 0 saturated heterocycles. The van der Waals surface area contributed by atoms with Crippen molar-refractivity contribution in [3.63, 3.8) is 0 Å². The summed E-state index contributed by atoms with van der Waals surface area (Å²) >= 11 is 0. The summed E-state index contributed by atoms with van der Waals surface area (Å²) < 4.78 is 5.08. The van der Waals surface area contributed by atoms with Crippen molar-refractivity contribution >= 4 is 17.4 Å². The molecule has 1 aromatic heterocycles. The molecule has 0 bridgehead atoms. The zero-order chi connectivity index (χ0) is 15.2. The number of amides is 1. The number of hydrogen-bond acceptors (Lipinski definition) is 4. The quantitative estimate of drug-likeness (QED) is 0.884. The number of hydrogen-bond donors (Lipinski definition) is 2. The van der Waals surface area contributed by atoms with E-state index < -0.39 is 0 Å². The predicted molar refractivity (Wildman–Crippen MR) is 83.4 cm³/mol. The Balaban J connectivity index is 2.19. The van der Waals surface area contributed by atoms with Crippen molar-refractivity contribution in [2.24, 2.45) is 0 Å². The zero-order valence-corrected chi connectivity index (χ0v) is 12.2. The molecule has 21 heavy (non-hydrogen) atoms. The number of pyridine rings is 1. The van der Waals surface area contributed by atoms with Gasteiger partial charge in [0.15, 0.2) is 0 Å². The van der Waals surface area contributed by atoms with Gasteiger partial charge in [0.1, 0.15) is 5.82 Å². The van der Waals surface area contributed by atoms with Gasteiger partial charge in [-0.25, -0.2) is 4.98 Å². The largest absolute Gasteiger partial charge is 0.384 e. The third-order valence-electron chi connectivity index (χ3n) is 3.08. The van der Waals surface area contributed by atoms with Crippen molar-refractivity contribution in [3.05, 3.63) is 53.2 Å². The first kappa shape index (κ1) is 15.0. The first-order chi connectivity index (χ1) is 10.1. The van der Waals surface area contributed by atoms with Crippen LogP contribution in [0.1, 0.15) is 21.6 Å². The summed E-state index contributed by atoms with van der Waals surface area (Å²) in [6, 6.07) is 11.0. The maximum atomic E-state index is 12.3. The monoisotopic (exact) mass is 285 g/mol. The summed E-state index contributed by atoms with van der Waals surface area (Å²) in [5, 5.41) is 2.91. The second kappa shape index (κ2) is 6.85. The number of anilines is 2. The van der Waals surface area contributed by atoms with Crippen LogP contribution in [-0.4, -0.2) is 24.6 Å². The van der Waals surface area contributed by atoms with Gasteiger partial charge in [0.05, 0.1) is 6.61 Å². The minimum Gasteiger partial charge on any atom is -0.384 e. The molecule has 5 heteroatoms. The Morgan fingerprint density at radius 2 is 2.10 bits per heavy atom. The van der Waals surface area contributed by atoms with E-state index >= 15 is 0 Å². The fraction of sp³-hybridized carbons (Fsp3) is 0.250. The number of para-hydroxylation sites is 1. The predicted octanol–water partition coefficient (Wildman–Crippen LogP) is 2.41. The molecule has 0 unspecified atom stereocenters. The van der Waals surface area contributed by atoms with Crippen LogP contribution in [0.15, 0.2) is 36.4 Å². The molecule has 0 atom stereocenters. The summed E-state index contributed by atoms with van der Waals surface area (Å²) in [4.78, 5) is 16.4. The van der Waals surface area contributed by atoms with Gasteiger partial charge in [0.2, 0.25) is 0 Å². The lowest BCUT2D eigenvalue weighted by Gasteiger charge is -2.11. The van der Waals surface area contributed by atoms with Crippen molar-refractivity contribution in [3.8, 4) is 0 Å². The molecule has 0 aliphatic carbocycles. The number of carbonyl (C=O) groups excluding carboxylic acids is 1. The number of nitrogens with two attached hydrogens (primary N) is 1. The minimum absolute atomic E-state index is 0.197. The number of carbonyl (C=O) groups is 1. The van der Waals surface area contributed by atoms with Crippen molar-refractivity contribution in [2.45, 2.75) is 13.3 Å². The number of ether oxygens (including phenoxy) is 1. The summed E-state index contributed by atoms with van der Waals surface area (Å²) in [7, 11) is 1.66. The van der Waals surface area contributed by atoms with Crippen LogP contribution in [0.2, 0.25) is 0 Å². The van der Waals surface area contributed by atoms with Gasteiger partial charge in [-0.15, -0.1) is 0 Å². The van der Waals surface area contributed by atoms with Crippen LogP contribution in [0.25, 0.3) is 0 Å². The highest BCUT2D eigenvalue weighted by Crippen LogP contribution is 2.17. The van der Waals surface area contributed by atoms with Gasteiger partial charge in [0.25, 0.3) is 5.91 Å². The lowest BCUT2D eigenvalue weighted by atomic mass is 10.1. The third kappa shape index (κ3) is 4.03. The molecular formula is C16H19N3O2. The molecule has 0 spiro atoms. The normalized spacial score (nSPS) is 10.4. The lowest BCUT2D eigenvalue weighted by molar-refractivity contribution is 0.102. The molecule has 0 radical (unpaired) electrons. The number of nitrogens with zero attached hydrogens (tertiary/aromatic N) is 1. The van der Waals surface area contributed by atoms with Crippen LogP contribution in [0.3, 0.4) is 0 Å². The highest BCUT2D eigenvalue weighted by Gasteiger charge is 2.10. The Bertz CT molecular complexity index is 621. The van der Waals surface area contributed by atoms with Gasteiger partial charge in [-0.05, 0) is 37.1 Å². The smallest absolute Gasteiger partial charge is 0.255 e. The number of aromatic nitrogens is 1. The molecule has 0 aliphatic rings. The Morgan fingerprint density at radius 1 is 1.33 bits per heavy atom. The average molecular weight is 285 g/mol. The molecule has 5 nitrogen and oxygen atoms in total. The van der Waals surface area contributed by atoms with E-state index in [2.05, 4.69) is 10.3 Å². The van der Waals surface area contributed by atoms with Gasteiger partial charge in [-0.1, -0.05) is 18.2 Å². The SMILES string of the molecule is COCCc1ccccc1NC(=O)c1cc(C)nc(N)c1. The highest BCUT2D eigenvalue weighted by molar-refractivity contribution is 6.05. The van der Waals surface area contributed by atoms with Gasteiger partial charge in [-0.3, -0.25) is 4.79 Å². The maximum Gasteiger partial charge on any atom is 0.255 e. The van der Waals surface area contributed by atoms with Gasteiger partial charge < -0.3 is 15.8 Å². The minimum atomic E-state index is -0.197. The number of methoxy groups -OCH3 is 1. The summed E-state index contributed by atoms with van der Waals surface area (Å²) in [5.41, 5.74) is 8.71. The van der Waals surface area contributed by atoms with Gasteiger partial charge >= 0.3 is 0 Å². The molecule has 0 fully saturated rings. The third-order valence-corrected chi connectivity index (χ3v) is 3.08. The highest BCUT2D eigenvalue weighted by atomic mass is 16.5. The molecule has 1 heterocycles. The van der Waals surface area contributed by atoms with E-state index in [0.717, 1.165) is 17.7 Å². The number of benzene rings is 1. The molecule has 1 aromatic carbocycles. The topological polar surface area (TPSA) is 77.2 Å². The van der Waals surface area contributed by atoms with Crippen LogP contribution >= 0.6 is 0 Å². The van der Waals surface area contributed by atoms with Crippen molar-refractivity contribution in [1.82, 2.24) is 4.98 Å². The molecule has 0 aliphatic heterocycles. The van der Waals surface area contributed by atoms with Crippen LogP contribution < -0.4 is 11.1 Å². The van der Waals surface area contributed by atoms with E-state index in [-0.39, 0.29) is 5.91 Å². The van der Waals surface area contributed by atoms with E-state index in [4.69, 9.17) is 10.5 Å². The summed E-state index contributed by atoms with van der Waals surface area (Å²) in [6.45, 7) is 2.41. The van der Waals surface area contributed by atoms with E-state index in [1.54, 1.807) is 26.2 Å². The first-order valence-electron chi connectivity index (χ1n) is 6.72. The van der Waals surface area contributed by atoms with Gasteiger partial charge in [-0.2, -0.15) is 0 Å². The fourth-order valence-corrected chi connectivity index (χ4v) is 2.09. The Labute approximate surface area is 124 Å². The Hall–Kier alpha value is -2.40. The van der Waals surface area contributed by atoms with Gasteiger partial charge in [0, 0.05) is 24.1 Å². The van der Waals surface area contributed by atoms with Crippen molar-refractivity contribution in [1.29, 1.82) is 0 Å². The first-order valence-corrected chi connectivity index (χ1v) is 6.72. The standard InChI is InChI=1S/C16H19N3O2/c1-11-9-13(10-15(17)18-11)16(20)19-14-6-4-3-5-12(14)7-8-21-2/h3-6,9-10H,7-8H2,1-2H3,(H2,17,18)(H,19,20). The van der Waals surface area contributed by atoms with E-state index in [9.17, 15) is 4.79 Å². The summed E-state index contributed by atoms with van der Waals surface area (Å²) in [5.74, 6) is 0.143. The molecule has 3 N–H and O–H groups in total. The van der Waals surface area contributed by atoms with Crippen LogP contribution in [0.4, 0.5) is 11.5 Å². The number of nitrogen functional groups attached to an aromatic ring is 1. The second-order valence-electron chi connectivity index (χ2n) is 4.78. The molecule has 2 aromatic rings. The number of aryl methyl sites for hydroxylation is 1. The lowest BCUT2D eigenvalue weighted by Crippen LogP contribution is -2.14. The number of rotatable bonds is 5. The second-order valence-corrected chi connectivity index (χ2v) is 4.78. The van der Waals surface area contributed by atoms with E-state index in [1.807, 2.05) is 24.3 Å². The Kier molecular flexibility index (Phi) is 4.90. The zero-order valence-electron chi connectivity index (χ0n) is 12.2. The van der Waals surface area contributed by atoms with Crippen molar-refractivity contribution < 1.29 is 9.53 Å².